The number of carbonyl (C=O) groups excluding carboxylic acids is 1. The van der Waals surface area contributed by atoms with Crippen molar-refractivity contribution in [1.82, 2.24) is 14.9 Å². The lowest BCUT2D eigenvalue weighted by Gasteiger charge is -2.43. The van der Waals surface area contributed by atoms with Gasteiger partial charge in [0.05, 0.1) is 29.9 Å². The van der Waals surface area contributed by atoms with Crippen molar-refractivity contribution >= 4 is 17.5 Å². The van der Waals surface area contributed by atoms with E-state index in [2.05, 4.69) is 9.97 Å². The van der Waals surface area contributed by atoms with Gasteiger partial charge in [0.2, 0.25) is 0 Å². The molecule has 0 unspecified atom stereocenters. The molecule has 1 aromatic heterocycles. The molecule has 5 nitrogen and oxygen atoms in total. The number of hydrogen-bond donors (Lipinski definition) is 1. The normalized spacial score (nSPS) is 17.8. The average molecular weight is 270 g/mol. The fourth-order valence-electron chi connectivity index (χ4n) is 1.88. The summed E-state index contributed by atoms with van der Waals surface area (Å²) < 4.78 is 0. The van der Waals surface area contributed by atoms with Gasteiger partial charge in [0.25, 0.3) is 5.91 Å². The van der Waals surface area contributed by atoms with E-state index in [1.807, 2.05) is 13.8 Å². The minimum absolute atomic E-state index is 0.133. The van der Waals surface area contributed by atoms with Crippen molar-refractivity contribution in [2.24, 2.45) is 0 Å². The quantitative estimate of drug-likeness (QED) is 0.883. The Bertz CT molecular complexity index is 480. The van der Waals surface area contributed by atoms with Gasteiger partial charge in [-0.05, 0) is 6.92 Å². The molecule has 1 fully saturated rings. The smallest absolute Gasteiger partial charge is 0.274 e. The van der Waals surface area contributed by atoms with Gasteiger partial charge in [0.15, 0.2) is 5.69 Å². The molecule has 0 spiro atoms. The number of halogens is 1. The van der Waals surface area contributed by atoms with Crippen molar-refractivity contribution in [2.45, 2.75) is 32.3 Å². The van der Waals surface area contributed by atoms with E-state index in [1.54, 1.807) is 6.92 Å². The van der Waals surface area contributed by atoms with Gasteiger partial charge in [-0.2, -0.15) is 0 Å². The van der Waals surface area contributed by atoms with Crippen LogP contribution in [0.5, 0.6) is 0 Å². The molecule has 0 aliphatic carbocycles. The molecule has 0 saturated carbocycles. The first-order valence-corrected chi connectivity index (χ1v) is 6.22. The molecule has 98 valence electrons. The van der Waals surface area contributed by atoms with Crippen molar-refractivity contribution < 1.29 is 9.90 Å². The maximum atomic E-state index is 12.2. The second-order valence-corrected chi connectivity index (χ2v) is 5.64. The predicted octanol–water partition coefficient (Wildman–Crippen LogP) is 1.46. The van der Waals surface area contributed by atoms with E-state index in [0.717, 1.165) is 0 Å². The van der Waals surface area contributed by atoms with Crippen LogP contribution in [0, 0.1) is 0 Å². The zero-order valence-electron chi connectivity index (χ0n) is 10.6. The van der Waals surface area contributed by atoms with Crippen molar-refractivity contribution in [3.05, 3.63) is 22.7 Å². The third-order valence-corrected chi connectivity index (χ3v) is 3.11. The average Bonchev–Trinajstić information content (AvgIpc) is 2.25. The molecule has 6 heteroatoms. The summed E-state index contributed by atoms with van der Waals surface area (Å²) >= 11 is 5.96. The summed E-state index contributed by atoms with van der Waals surface area (Å²) in [6.07, 6.45) is 1.45. The maximum absolute atomic E-state index is 12.2. The Morgan fingerprint density at radius 1 is 1.56 bits per heavy atom. The van der Waals surface area contributed by atoms with Gasteiger partial charge < -0.3 is 10.0 Å². The number of likely N-dealkylation sites (tertiary alicyclic amines) is 1. The fraction of sp³-hybridized carbons (Fsp3) is 0.583. The molecule has 1 aliphatic heterocycles. The van der Waals surface area contributed by atoms with Crippen molar-refractivity contribution in [1.29, 1.82) is 0 Å². The van der Waals surface area contributed by atoms with Crippen LogP contribution < -0.4 is 0 Å². The summed E-state index contributed by atoms with van der Waals surface area (Å²) in [6, 6.07) is 0. The molecule has 1 aromatic rings. The molecule has 0 atom stereocenters. The molecule has 18 heavy (non-hydrogen) atoms. The molecular weight excluding hydrogens is 254 g/mol. The van der Waals surface area contributed by atoms with Crippen molar-refractivity contribution in [3.8, 4) is 0 Å². The van der Waals surface area contributed by atoms with E-state index in [-0.39, 0.29) is 22.5 Å². The number of amides is 1. The highest BCUT2D eigenvalue weighted by Gasteiger charge is 2.40. The van der Waals surface area contributed by atoms with Gasteiger partial charge in [-0.1, -0.05) is 25.4 Å². The first-order chi connectivity index (χ1) is 8.30. The lowest BCUT2D eigenvalue weighted by Crippen LogP contribution is -2.61. The molecule has 1 amide bonds. The van der Waals surface area contributed by atoms with E-state index in [9.17, 15) is 9.90 Å². The van der Waals surface area contributed by atoms with Crippen LogP contribution in [0.4, 0.5) is 0 Å². The van der Waals surface area contributed by atoms with Crippen LogP contribution in [0.15, 0.2) is 6.20 Å². The Kier molecular flexibility index (Phi) is 3.29. The second-order valence-electron chi connectivity index (χ2n) is 5.24. The largest absolute Gasteiger partial charge is 0.386 e. The van der Waals surface area contributed by atoms with Crippen molar-refractivity contribution in [3.63, 3.8) is 0 Å². The maximum Gasteiger partial charge on any atom is 0.274 e. The topological polar surface area (TPSA) is 66.3 Å². The van der Waals surface area contributed by atoms with Crippen LogP contribution in [-0.2, 0) is 0 Å². The number of nitrogens with zero attached hydrogens (tertiary/aromatic N) is 3. The van der Waals surface area contributed by atoms with Gasteiger partial charge in [-0.15, -0.1) is 0 Å². The van der Waals surface area contributed by atoms with Gasteiger partial charge in [0.1, 0.15) is 5.82 Å². The minimum atomic E-state index is -0.796. The zero-order valence-corrected chi connectivity index (χ0v) is 11.4. The van der Waals surface area contributed by atoms with E-state index in [0.29, 0.717) is 18.9 Å². The molecular formula is C12H16ClN3O2. The molecule has 1 N–H and O–H groups in total. The monoisotopic (exact) mass is 269 g/mol. The highest BCUT2D eigenvalue weighted by atomic mass is 35.5. The predicted molar refractivity (Wildman–Crippen MR) is 67.7 cm³/mol. The summed E-state index contributed by atoms with van der Waals surface area (Å²) in [4.78, 5) is 22.0. The molecule has 0 radical (unpaired) electrons. The second kappa shape index (κ2) is 4.48. The van der Waals surface area contributed by atoms with Crippen LogP contribution in [0.1, 0.15) is 43.0 Å². The summed E-state index contributed by atoms with van der Waals surface area (Å²) in [5.41, 5.74) is -0.582. The number of aromatic nitrogens is 2. The molecule has 2 heterocycles. The first kappa shape index (κ1) is 13.2. The standard InChI is InChI=1S/C12H16ClN3O2/c1-7(2)10-14-4-8(13)9(15-10)11(17)16-5-12(3,18)6-16/h4,7,18H,5-6H2,1-3H3. The highest BCUT2D eigenvalue weighted by Crippen LogP contribution is 2.24. The Morgan fingerprint density at radius 3 is 2.67 bits per heavy atom. The van der Waals surface area contributed by atoms with Crippen LogP contribution in [0.25, 0.3) is 0 Å². The van der Waals surface area contributed by atoms with Crippen LogP contribution in [-0.4, -0.2) is 44.6 Å². The summed E-state index contributed by atoms with van der Waals surface area (Å²) in [5, 5.41) is 9.88. The summed E-state index contributed by atoms with van der Waals surface area (Å²) in [6.45, 7) is 6.21. The lowest BCUT2D eigenvalue weighted by atomic mass is 9.96. The molecule has 0 bridgehead atoms. The third-order valence-electron chi connectivity index (χ3n) is 2.83. The Morgan fingerprint density at radius 2 is 2.17 bits per heavy atom. The van der Waals surface area contributed by atoms with Gasteiger partial charge in [-0.3, -0.25) is 4.79 Å². The first-order valence-electron chi connectivity index (χ1n) is 5.84. The van der Waals surface area contributed by atoms with E-state index in [1.165, 1.54) is 11.1 Å². The van der Waals surface area contributed by atoms with Gasteiger partial charge in [-0.25, -0.2) is 9.97 Å². The summed E-state index contributed by atoms with van der Waals surface area (Å²) in [7, 11) is 0. The number of aliphatic hydroxyl groups is 1. The Labute approximate surface area is 111 Å². The highest BCUT2D eigenvalue weighted by molar-refractivity contribution is 6.33. The van der Waals surface area contributed by atoms with Crippen LogP contribution >= 0.6 is 11.6 Å². The fourth-order valence-corrected chi connectivity index (χ4v) is 2.05. The molecule has 1 aliphatic rings. The number of carbonyl (C=O) groups is 1. The van der Waals surface area contributed by atoms with E-state index < -0.39 is 5.60 Å². The summed E-state index contributed by atoms with van der Waals surface area (Å²) in [5.74, 6) is 0.471. The molecule has 1 saturated heterocycles. The zero-order chi connectivity index (χ0) is 13.5. The number of rotatable bonds is 2. The van der Waals surface area contributed by atoms with Gasteiger partial charge >= 0.3 is 0 Å². The Balaban J connectivity index is 2.22. The number of β-amino-alcohol motifs (C(OH)–C–C–N with tert-alkyl or cyclic N) is 1. The molecule has 0 aromatic carbocycles. The SMILES string of the molecule is CC(C)c1ncc(Cl)c(C(=O)N2CC(C)(O)C2)n1. The molecule has 2 rings (SSSR count). The lowest BCUT2D eigenvalue weighted by molar-refractivity contribution is -0.0670. The van der Waals surface area contributed by atoms with E-state index >= 15 is 0 Å². The number of hydrogen-bond acceptors (Lipinski definition) is 4. The van der Waals surface area contributed by atoms with Crippen LogP contribution in [0.3, 0.4) is 0 Å². The Hall–Kier alpha value is -1.20. The minimum Gasteiger partial charge on any atom is -0.386 e. The van der Waals surface area contributed by atoms with Crippen LogP contribution in [0.2, 0.25) is 5.02 Å². The van der Waals surface area contributed by atoms with E-state index in [4.69, 9.17) is 11.6 Å². The van der Waals surface area contributed by atoms with Gasteiger partial charge in [0, 0.05) is 5.92 Å². The third kappa shape index (κ3) is 2.47. The van der Waals surface area contributed by atoms with Crippen molar-refractivity contribution in [2.75, 3.05) is 13.1 Å².